The third-order valence-corrected chi connectivity index (χ3v) is 4.17. The van der Waals surface area contributed by atoms with E-state index in [2.05, 4.69) is 22.6 Å². The summed E-state index contributed by atoms with van der Waals surface area (Å²) < 4.78 is 15.7. The van der Waals surface area contributed by atoms with E-state index < -0.39 is 11.0 Å². The monoisotopic (exact) mass is 249 g/mol. The van der Waals surface area contributed by atoms with E-state index in [-0.39, 0.29) is 4.75 Å². The third kappa shape index (κ3) is 3.25. The minimum atomic E-state index is -1.17. The van der Waals surface area contributed by atoms with Crippen molar-refractivity contribution in [1.29, 1.82) is 0 Å². The molecule has 0 aliphatic heterocycles. The fraction of sp³-hybridized carbons (Fsp3) is 0.500. The van der Waals surface area contributed by atoms with Crippen molar-refractivity contribution in [2.45, 2.75) is 44.3 Å². The van der Waals surface area contributed by atoms with Crippen molar-refractivity contribution in [3.05, 3.63) is 35.4 Å². The Bertz CT molecular complexity index is 456. The number of rotatable bonds is 3. The van der Waals surface area contributed by atoms with Crippen molar-refractivity contribution in [2.24, 2.45) is 4.40 Å². The van der Waals surface area contributed by atoms with E-state index in [0.29, 0.717) is 5.92 Å². The van der Waals surface area contributed by atoms with Crippen LogP contribution in [0.1, 0.15) is 50.7 Å². The molecule has 2 rings (SSSR count). The zero-order chi connectivity index (χ0) is 12.5. The van der Waals surface area contributed by atoms with Crippen LogP contribution in [0.2, 0.25) is 0 Å². The zero-order valence-corrected chi connectivity index (χ0v) is 11.5. The molecule has 1 aromatic carbocycles. The van der Waals surface area contributed by atoms with Crippen LogP contribution in [0.15, 0.2) is 28.7 Å². The van der Waals surface area contributed by atoms with E-state index in [1.807, 2.05) is 26.8 Å². The highest BCUT2D eigenvalue weighted by Crippen LogP contribution is 2.41. The van der Waals surface area contributed by atoms with E-state index in [4.69, 9.17) is 0 Å². The van der Waals surface area contributed by atoms with Crippen LogP contribution in [-0.2, 0) is 11.0 Å². The molecule has 1 fully saturated rings. The third-order valence-electron chi connectivity index (χ3n) is 2.82. The molecule has 0 radical (unpaired) electrons. The standard InChI is InChI=1S/C14H19NOS/c1-14(2,3)17(16)15-10-12-6-4-5-7-13(12)11-8-9-11/h4-7,10-11H,8-9H2,1-3H3/b15-10+. The molecule has 0 aromatic heterocycles. The second-order valence-corrected chi connectivity index (χ2v) is 7.43. The highest BCUT2D eigenvalue weighted by Gasteiger charge is 2.25. The topological polar surface area (TPSA) is 29.4 Å². The van der Waals surface area contributed by atoms with Gasteiger partial charge in [0.25, 0.3) is 0 Å². The molecule has 1 aliphatic carbocycles. The Morgan fingerprint density at radius 1 is 1.29 bits per heavy atom. The highest BCUT2D eigenvalue weighted by atomic mass is 32.2. The van der Waals surface area contributed by atoms with Gasteiger partial charge in [0.05, 0.1) is 4.75 Å². The molecule has 17 heavy (non-hydrogen) atoms. The van der Waals surface area contributed by atoms with Crippen LogP contribution in [0.25, 0.3) is 0 Å². The summed E-state index contributed by atoms with van der Waals surface area (Å²) in [5, 5.41) is 0. The first kappa shape index (κ1) is 12.5. The van der Waals surface area contributed by atoms with Gasteiger partial charge in [-0.05, 0) is 50.7 Å². The van der Waals surface area contributed by atoms with Gasteiger partial charge in [-0.2, -0.15) is 4.40 Å². The van der Waals surface area contributed by atoms with Crippen molar-refractivity contribution < 1.29 is 4.21 Å². The summed E-state index contributed by atoms with van der Waals surface area (Å²) in [5.41, 5.74) is 2.47. The molecule has 2 nitrogen and oxygen atoms in total. The average molecular weight is 249 g/mol. The summed E-state index contributed by atoms with van der Waals surface area (Å²) in [4.78, 5) is 0. The van der Waals surface area contributed by atoms with Crippen molar-refractivity contribution in [2.75, 3.05) is 0 Å². The van der Waals surface area contributed by atoms with E-state index in [9.17, 15) is 4.21 Å². The van der Waals surface area contributed by atoms with Crippen LogP contribution in [0, 0.1) is 0 Å². The second-order valence-electron chi connectivity index (χ2n) is 5.50. The van der Waals surface area contributed by atoms with Crippen LogP contribution in [-0.4, -0.2) is 15.2 Å². The maximum Gasteiger partial charge on any atom is 0.144 e. The Labute approximate surface area is 106 Å². The average Bonchev–Trinajstić information content (AvgIpc) is 3.08. The summed E-state index contributed by atoms with van der Waals surface area (Å²) >= 11 is 0. The van der Waals surface area contributed by atoms with Gasteiger partial charge >= 0.3 is 0 Å². The maximum absolute atomic E-state index is 11.8. The summed E-state index contributed by atoms with van der Waals surface area (Å²) in [6, 6.07) is 8.27. The first-order chi connectivity index (χ1) is 7.98. The predicted octanol–water partition coefficient (Wildman–Crippen LogP) is 3.45. The quantitative estimate of drug-likeness (QED) is 0.754. The lowest BCUT2D eigenvalue weighted by Crippen LogP contribution is -2.19. The number of hydrogen-bond donors (Lipinski definition) is 0. The van der Waals surface area contributed by atoms with Crippen molar-refractivity contribution >= 4 is 17.2 Å². The molecule has 3 heteroatoms. The summed E-state index contributed by atoms with van der Waals surface area (Å²) in [7, 11) is -1.17. The fourth-order valence-electron chi connectivity index (χ4n) is 1.66. The molecule has 92 valence electrons. The zero-order valence-electron chi connectivity index (χ0n) is 10.6. The smallest absolute Gasteiger partial charge is 0.144 e. The Morgan fingerprint density at radius 2 is 1.94 bits per heavy atom. The van der Waals surface area contributed by atoms with Gasteiger partial charge in [-0.1, -0.05) is 24.3 Å². The SMILES string of the molecule is CC(C)(C)S(=O)/N=C/c1ccccc1C1CC1. The van der Waals surface area contributed by atoms with E-state index in [1.54, 1.807) is 6.21 Å². The lowest BCUT2D eigenvalue weighted by molar-refractivity contribution is 0.651. The molecule has 0 saturated heterocycles. The van der Waals surface area contributed by atoms with Gasteiger partial charge in [-0.15, -0.1) is 0 Å². The van der Waals surface area contributed by atoms with Crippen molar-refractivity contribution in [1.82, 2.24) is 0 Å². The number of benzene rings is 1. The molecule has 1 aromatic rings. The van der Waals surface area contributed by atoms with Crippen LogP contribution in [0.5, 0.6) is 0 Å². The van der Waals surface area contributed by atoms with Crippen molar-refractivity contribution in [3.8, 4) is 0 Å². The molecule has 0 N–H and O–H groups in total. The van der Waals surface area contributed by atoms with Gasteiger partial charge in [-0.25, -0.2) is 4.21 Å². The molecule has 1 atom stereocenters. The number of nitrogens with zero attached hydrogens (tertiary/aromatic N) is 1. The fourth-order valence-corrected chi connectivity index (χ4v) is 2.18. The lowest BCUT2D eigenvalue weighted by atomic mass is 10.0. The molecule has 1 unspecified atom stereocenters. The summed E-state index contributed by atoms with van der Waals surface area (Å²) in [6.07, 6.45) is 4.31. The van der Waals surface area contributed by atoms with Gasteiger partial charge in [-0.3, -0.25) is 0 Å². The Morgan fingerprint density at radius 3 is 2.53 bits per heavy atom. The molecule has 0 heterocycles. The van der Waals surface area contributed by atoms with Gasteiger partial charge in [0, 0.05) is 6.21 Å². The first-order valence-electron chi connectivity index (χ1n) is 6.03. The van der Waals surface area contributed by atoms with E-state index >= 15 is 0 Å². The second kappa shape index (κ2) is 4.73. The van der Waals surface area contributed by atoms with E-state index in [1.165, 1.54) is 18.4 Å². The molecule has 0 spiro atoms. The van der Waals surface area contributed by atoms with Crippen LogP contribution < -0.4 is 0 Å². The lowest BCUT2D eigenvalue weighted by Gasteiger charge is -2.13. The van der Waals surface area contributed by atoms with E-state index in [0.717, 1.165) is 5.56 Å². The minimum Gasteiger partial charge on any atom is -0.234 e. The first-order valence-corrected chi connectivity index (χ1v) is 7.14. The molecule has 1 aliphatic rings. The summed E-state index contributed by atoms with van der Waals surface area (Å²) in [6.45, 7) is 5.81. The van der Waals surface area contributed by atoms with Crippen LogP contribution >= 0.6 is 0 Å². The van der Waals surface area contributed by atoms with Gasteiger partial charge in [0.2, 0.25) is 0 Å². The van der Waals surface area contributed by atoms with Gasteiger partial charge in [0.15, 0.2) is 0 Å². The minimum absolute atomic E-state index is 0.287. The maximum atomic E-state index is 11.8. The summed E-state index contributed by atoms with van der Waals surface area (Å²) in [5.74, 6) is 0.695. The Kier molecular flexibility index (Phi) is 3.48. The van der Waals surface area contributed by atoms with Crippen molar-refractivity contribution in [3.63, 3.8) is 0 Å². The molecular formula is C14H19NOS. The highest BCUT2D eigenvalue weighted by molar-refractivity contribution is 7.85. The molecule has 0 bridgehead atoms. The van der Waals surface area contributed by atoms with Gasteiger partial charge in [0.1, 0.15) is 11.0 Å². The normalized spacial score (nSPS) is 18.5. The Hall–Kier alpha value is -0.960. The molecular weight excluding hydrogens is 230 g/mol. The largest absolute Gasteiger partial charge is 0.234 e. The Balaban J connectivity index is 2.18. The predicted molar refractivity (Wildman–Crippen MR) is 73.9 cm³/mol. The van der Waals surface area contributed by atoms with Gasteiger partial charge < -0.3 is 0 Å². The molecule has 0 amide bonds. The van der Waals surface area contributed by atoms with Crippen LogP contribution in [0.4, 0.5) is 0 Å². The number of hydrogen-bond acceptors (Lipinski definition) is 1. The van der Waals surface area contributed by atoms with Crippen LogP contribution in [0.3, 0.4) is 0 Å². The molecule has 1 saturated carbocycles.